The van der Waals surface area contributed by atoms with Crippen molar-refractivity contribution < 1.29 is 18.0 Å². The Labute approximate surface area is 143 Å². The highest BCUT2D eigenvalue weighted by atomic mass is 19.2. The zero-order valence-corrected chi connectivity index (χ0v) is 13.3. The second kappa shape index (κ2) is 7.11. The third-order valence-electron chi connectivity index (χ3n) is 4.35. The van der Waals surface area contributed by atoms with E-state index in [2.05, 4.69) is 5.32 Å². The maximum Gasteiger partial charge on any atom is 0.251 e. The molecule has 2 aromatic carbocycles. The van der Waals surface area contributed by atoms with E-state index >= 15 is 0 Å². The van der Waals surface area contributed by atoms with Crippen molar-refractivity contribution in [1.82, 2.24) is 0 Å². The van der Waals surface area contributed by atoms with Gasteiger partial charge < -0.3 is 11.1 Å². The molecule has 0 aromatic heterocycles. The van der Waals surface area contributed by atoms with E-state index in [-0.39, 0.29) is 24.3 Å². The number of carbonyl (C=O) groups excluding carboxylic acids is 1. The molecule has 3 nitrogen and oxygen atoms in total. The van der Waals surface area contributed by atoms with Gasteiger partial charge in [-0.15, -0.1) is 0 Å². The van der Waals surface area contributed by atoms with Gasteiger partial charge in [0.2, 0.25) is 0 Å². The first-order chi connectivity index (χ1) is 12.0. The molecule has 3 N–H and O–H groups in total. The van der Waals surface area contributed by atoms with Crippen LogP contribution in [-0.2, 0) is 4.79 Å². The highest BCUT2D eigenvalue weighted by Gasteiger charge is 2.29. The Balaban J connectivity index is 1.76. The van der Waals surface area contributed by atoms with Gasteiger partial charge in [-0.25, -0.2) is 13.2 Å². The molecule has 0 spiro atoms. The van der Waals surface area contributed by atoms with Crippen LogP contribution in [0.2, 0.25) is 0 Å². The molecule has 25 heavy (non-hydrogen) atoms. The van der Waals surface area contributed by atoms with Crippen LogP contribution in [0.3, 0.4) is 0 Å². The fourth-order valence-corrected chi connectivity index (χ4v) is 3.02. The van der Waals surface area contributed by atoms with Crippen LogP contribution in [0.5, 0.6) is 0 Å². The zero-order chi connectivity index (χ0) is 18.0. The lowest BCUT2D eigenvalue weighted by molar-refractivity contribution is -0.113. The second-order valence-electron chi connectivity index (χ2n) is 6.05. The Hall–Kier alpha value is -2.60. The Morgan fingerprint density at radius 3 is 2.40 bits per heavy atom. The predicted octanol–water partition coefficient (Wildman–Crippen LogP) is 3.87. The van der Waals surface area contributed by atoms with E-state index in [0.29, 0.717) is 17.3 Å². The van der Waals surface area contributed by atoms with Crippen LogP contribution in [0.25, 0.3) is 0 Å². The summed E-state index contributed by atoms with van der Waals surface area (Å²) in [6, 6.07) is 9.78. The van der Waals surface area contributed by atoms with Crippen LogP contribution in [0.15, 0.2) is 54.1 Å². The van der Waals surface area contributed by atoms with Gasteiger partial charge in [-0.05, 0) is 36.6 Å². The fourth-order valence-electron chi connectivity index (χ4n) is 3.02. The number of amides is 1. The maximum atomic E-state index is 14.0. The van der Waals surface area contributed by atoms with E-state index in [4.69, 9.17) is 5.73 Å². The van der Waals surface area contributed by atoms with Crippen LogP contribution in [0.1, 0.15) is 24.3 Å². The number of hydrogen-bond acceptors (Lipinski definition) is 2. The summed E-state index contributed by atoms with van der Waals surface area (Å²) >= 11 is 0. The molecule has 6 heteroatoms. The van der Waals surface area contributed by atoms with Crippen LogP contribution >= 0.6 is 0 Å². The van der Waals surface area contributed by atoms with E-state index in [0.717, 1.165) is 6.07 Å². The first kappa shape index (κ1) is 17.2. The molecule has 2 aromatic rings. The van der Waals surface area contributed by atoms with Crippen LogP contribution in [0.4, 0.5) is 18.9 Å². The maximum absolute atomic E-state index is 14.0. The number of carbonyl (C=O) groups is 1. The Morgan fingerprint density at radius 2 is 1.72 bits per heavy atom. The first-order valence-corrected chi connectivity index (χ1v) is 7.91. The molecule has 0 fully saturated rings. The van der Waals surface area contributed by atoms with Gasteiger partial charge in [-0.1, -0.05) is 24.3 Å². The van der Waals surface area contributed by atoms with E-state index in [1.807, 2.05) is 6.07 Å². The Kier molecular flexibility index (Phi) is 4.90. The van der Waals surface area contributed by atoms with Crippen LogP contribution in [0, 0.1) is 17.5 Å². The number of halogens is 3. The molecule has 130 valence electrons. The Bertz CT molecular complexity index is 821. The summed E-state index contributed by atoms with van der Waals surface area (Å²) in [7, 11) is 0. The van der Waals surface area contributed by atoms with Crippen molar-refractivity contribution in [3.8, 4) is 0 Å². The van der Waals surface area contributed by atoms with E-state index < -0.39 is 29.4 Å². The van der Waals surface area contributed by atoms with Gasteiger partial charge in [0, 0.05) is 29.3 Å². The second-order valence-corrected chi connectivity index (χ2v) is 6.05. The lowest BCUT2D eigenvalue weighted by Gasteiger charge is -2.29. The monoisotopic (exact) mass is 346 g/mol. The van der Waals surface area contributed by atoms with Gasteiger partial charge in [0.15, 0.2) is 11.6 Å². The summed E-state index contributed by atoms with van der Waals surface area (Å²) in [5, 5.41) is 2.77. The molecule has 3 rings (SSSR count). The van der Waals surface area contributed by atoms with Crippen molar-refractivity contribution in [3.05, 3.63) is 77.1 Å². The summed E-state index contributed by atoms with van der Waals surface area (Å²) < 4.78 is 40.5. The van der Waals surface area contributed by atoms with Crippen molar-refractivity contribution in [3.63, 3.8) is 0 Å². The standard InChI is InChI=1S/C19H17F3N2O/c20-15-10-17(22)16(21)9-14(15)13-7-6-11(8-18(13)23)19(25)24-12-4-2-1-3-5-12/h1-6,9-10,13,18H,7-8,23H2,(H,24,25)/t13-,18+/m0/s1. The van der Waals surface area contributed by atoms with Crippen LogP contribution in [-0.4, -0.2) is 11.9 Å². The van der Waals surface area contributed by atoms with E-state index in [1.54, 1.807) is 30.3 Å². The van der Waals surface area contributed by atoms with Crippen molar-refractivity contribution in [2.75, 3.05) is 5.32 Å². The number of nitrogens with one attached hydrogen (secondary N) is 1. The number of anilines is 1. The number of allylic oxidation sites excluding steroid dienone is 1. The molecule has 1 aliphatic rings. The minimum atomic E-state index is -1.23. The topological polar surface area (TPSA) is 55.1 Å². The third-order valence-corrected chi connectivity index (χ3v) is 4.35. The number of hydrogen-bond donors (Lipinski definition) is 2. The minimum absolute atomic E-state index is 0.0326. The lowest BCUT2D eigenvalue weighted by Crippen LogP contribution is -2.34. The van der Waals surface area contributed by atoms with Crippen LogP contribution < -0.4 is 11.1 Å². The highest BCUT2D eigenvalue weighted by Crippen LogP contribution is 2.34. The molecular formula is C19H17F3N2O. The summed E-state index contributed by atoms with van der Waals surface area (Å²) in [4.78, 5) is 12.3. The smallest absolute Gasteiger partial charge is 0.251 e. The van der Waals surface area contributed by atoms with Gasteiger partial charge in [0.05, 0.1) is 0 Å². The molecule has 2 atom stereocenters. The summed E-state index contributed by atoms with van der Waals surface area (Å²) in [6.45, 7) is 0. The lowest BCUT2D eigenvalue weighted by atomic mass is 9.80. The van der Waals surface area contributed by atoms with E-state index in [1.165, 1.54) is 0 Å². The molecule has 0 aliphatic heterocycles. The molecule has 0 bridgehead atoms. The van der Waals surface area contributed by atoms with Gasteiger partial charge in [0.1, 0.15) is 5.82 Å². The molecule has 0 unspecified atom stereocenters. The first-order valence-electron chi connectivity index (χ1n) is 7.91. The number of nitrogens with two attached hydrogens (primary N) is 1. The predicted molar refractivity (Wildman–Crippen MR) is 89.4 cm³/mol. The van der Waals surface area contributed by atoms with Gasteiger partial charge in [0.25, 0.3) is 5.91 Å². The molecule has 1 aliphatic carbocycles. The molecule has 0 heterocycles. The van der Waals surface area contributed by atoms with Gasteiger partial charge in [-0.2, -0.15) is 0 Å². The summed E-state index contributed by atoms with van der Waals surface area (Å²) in [5.41, 5.74) is 7.28. The van der Waals surface area contributed by atoms with Gasteiger partial charge >= 0.3 is 0 Å². The zero-order valence-electron chi connectivity index (χ0n) is 13.3. The van der Waals surface area contributed by atoms with Crippen molar-refractivity contribution >= 4 is 11.6 Å². The van der Waals surface area contributed by atoms with Crippen molar-refractivity contribution in [2.24, 2.45) is 5.73 Å². The quantitative estimate of drug-likeness (QED) is 0.829. The molecule has 0 radical (unpaired) electrons. The molecule has 0 saturated heterocycles. The Morgan fingerprint density at radius 1 is 1.04 bits per heavy atom. The summed E-state index contributed by atoms with van der Waals surface area (Å²) in [6.07, 6.45) is 2.18. The largest absolute Gasteiger partial charge is 0.327 e. The average molecular weight is 346 g/mol. The summed E-state index contributed by atoms with van der Waals surface area (Å²) in [5.74, 6) is -3.96. The van der Waals surface area contributed by atoms with Crippen molar-refractivity contribution in [2.45, 2.75) is 24.8 Å². The SMILES string of the molecule is N[C@@H]1CC(C(=O)Nc2ccccc2)=CC[C@H]1c1cc(F)c(F)cc1F. The number of rotatable bonds is 3. The molecular weight excluding hydrogens is 329 g/mol. The van der Waals surface area contributed by atoms with E-state index in [9.17, 15) is 18.0 Å². The highest BCUT2D eigenvalue weighted by molar-refractivity contribution is 6.03. The average Bonchev–Trinajstić information content (AvgIpc) is 2.59. The third kappa shape index (κ3) is 3.74. The minimum Gasteiger partial charge on any atom is -0.327 e. The molecule has 0 saturated carbocycles. The van der Waals surface area contributed by atoms with Gasteiger partial charge in [-0.3, -0.25) is 4.79 Å². The molecule has 1 amide bonds. The fraction of sp³-hybridized carbons (Fsp3) is 0.211. The number of para-hydroxylation sites is 1. The normalized spacial score (nSPS) is 20.1. The number of benzene rings is 2. The van der Waals surface area contributed by atoms with Crippen molar-refractivity contribution in [1.29, 1.82) is 0 Å².